The minimum atomic E-state index is -3.60. The molecule has 0 saturated carbocycles. The summed E-state index contributed by atoms with van der Waals surface area (Å²) in [4.78, 5) is 24.9. The molecule has 31 heavy (non-hydrogen) atoms. The number of aryl methyl sites for hydroxylation is 2. The van der Waals surface area contributed by atoms with Gasteiger partial charge >= 0.3 is 5.97 Å². The summed E-state index contributed by atoms with van der Waals surface area (Å²) in [6.07, 6.45) is 0.721. The number of ether oxygens (including phenoxy) is 2. The van der Waals surface area contributed by atoms with Gasteiger partial charge in [-0.1, -0.05) is 6.07 Å². The number of carbonyl (C=O) groups is 2. The van der Waals surface area contributed by atoms with E-state index < -0.39 is 21.9 Å². The second-order valence-electron chi connectivity index (χ2n) is 7.68. The molecule has 0 spiro atoms. The number of benzene rings is 2. The monoisotopic (exact) mass is 445 g/mol. The van der Waals surface area contributed by atoms with Gasteiger partial charge in [-0.3, -0.25) is 9.59 Å². The first kappa shape index (κ1) is 23.0. The van der Waals surface area contributed by atoms with Crippen molar-refractivity contribution in [3.63, 3.8) is 0 Å². The molecule has 1 aliphatic rings. The lowest BCUT2D eigenvalue weighted by Crippen LogP contribution is -2.40. The van der Waals surface area contributed by atoms with Crippen LogP contribution in [0.2, 0.25) is 0 Å². The molecule has 166 valence electrons. The molecule has 0 aliphatic carbocycles. The molecule has 2 aromatic rings. The third-order valence-electron chi connectivity index (χ3n) is 5.66. The highest BCUT2D eigenvalue weighted by Gasteiger charge is 2.33. The zero-order valence-corrected chi connectivity index (χ0v) is 18.8. The Morgan fingerprint density at radius 1 is 1.00 bits per heavy atom. The van der Waals surface area contributed by atoms with E-state index in [4.69, 9.17) is 9.47 Å². The number of carbonyl (C=O) groups excluding carboxylic acids is 2. The molecule has 0 amide bonds. The summed E-state index contributed by atoms with van der Waals surface area (Å²) < 4.78 is 37.5. The van der Waals surface area contributed by atoms with Crippen molar-refractivity contribution in [3.8, 4) is 5.75 Å². The molecule has 7 nitrogen and oxygen atoms in total. The minimum Gasteiger partial charge on any atom is -0.497 e. The van der Waals surface area contributed by atoms with E-state index in [0.717, 1.165) is 11.1 Å². The summed E-state index contributed by atoms with van der Waals surface area (Å²) in [5.74, 6) is -0.554. The van der Waals surface area contributed by atoms with Gasteiger partial charge in [0.15, 0.2) is 12.4 Å². The Morgan fingerprint density at radius 3 is 2.23 bits per heavy atom. The Bertz CT molecular complexity index is 1050. The molecule has 0 aromatic heterocycles. The molecule has 0 N–H and O–H groups in total. The number of hydrogen-bond acceptors (Lipinski definition) is 6. The SMILES string of the molecule is COc1ccc(C(=O)COC(=O)C2CCN(S(=O)(=O)c3ccc(C)c(C)c3)CC2)cc1. The average Bonchev–Trinajstić information content (AvgIpc) is 2.79. The van der Waals surface area contributed by atoms with Crippen LogP contribution in [0, 0.1) is 19.8 Å². The number of sulfonamides is 1. The Morgan fingerprint density at radius 2 is 1.65 bits per heavy atom. The van der Waals surface area contributed by atoms with Crippen molar-refractivity contribution in [2.45, 2.75) is 31.6 Å². The number of ketones is 1. The molecule has 1 saturated heterocycles. The number of piperidine rings is 1. The van der Waals surface area contributed by atoms with Crippen molar-refractivity contribution in [1.82, 2.24) is 4.31 Å². The first-order valence-corrected chi connectivity index (χ1v) is 11.6. The van der Waals surface area contributed by atoms with Crippen LogP contribution >= 0.6 is 0 Å². The molecule has 0 bridgehead atoms. The van der Waals surface area contributed by atoms with E-state index in [-0.39, 0.29) is 30.4 Å². The van der Waals surface area contributed by atoms with Crippen LogP contribution < -0.4 is 4.74 Å². The van der Waals surface area contributed by atoms with Gasteiger partial charge in [0.25, 0.3) is 0 Å². The summed E-state index contributed by atoms with van der Waals surface area (Å²) in [6, 6.07) is 11.7. The van der Waals surface area contributed by atoms with E-state index in [0.29, 0.717) is 24.2 Å². The summed E-state index contributed by atoms with van der Waals surface area (Å²) in [7, 11) is -2.06. The summed E-state index contributed by atoms with van der Waals surface area (Å²) in [6.45, 7) is 3.95. The topological polar surface area (TPSA) is 90.0 Å². The van der Waals surface area contributed by atoms with Crippen molar-refractivity contribution in [2.75, 3.05) is 26.8 Å². The van der Waals surface area contributed by atoms with Gasteiger partial charge < -0.3 is 9.47 Å². The van der Waals surface area contributed by atoms with Crippen molar-refractivity contribution < 1.29 is 27.5 Å². The third kappa shape index (κ3) is 5.32. The van der Waals surface area contributed by atoms with Gasteiger partial charge in [-0.15, -0.1) is 0 Å². The first-order chi connectivity index (χ1) is 14.7. The molecule has 2 aromatic carbocycles. The lowest BCUT2D eigenvalue weighted by molar-refractivity contribution is -0.148. The molecule has 1 fully saturated rings. The van der Waals surface area contributed by atoms with Crippen LogP contribution in [-0.2, 0) is 19.6 Å². The lowest BCUT2D eigenvalue weighted by atomic mass is 9.98. The van der Waals surface area contributed by atoms with E-state index in [1.807, 2.05) is 13.8 Å². The van der Waals surface area contributed by atoms with E-state index in [9.17, 15) is 18.0 Å². The van der Waals surface area contributed by atoms with E-state index in [2.05, 4.69) is 0 Å². The standard InChI is InChI=1S/C23H27NO6S/c1-16-4-9-21(14-17(16)2)31(27,28)24-12-10-19(11-13-24)23(26)30-15-22(25)18-5-7-20(29-3)8-6-18/h4-9,14,19H,10-13,15H2,1-3H3. The second-order valence-corrected chi connectivity index (χ2v) is 9.62. The molecule has 0 unspecified atom stereocenters. The van der Waals surface area contributed by atoms with Crippen LogP contribution in [0.25, 0.3) is 0 Å². The summed E-state index contributed by atoms with van der Waals surface area (Å²) in [5, 5.41) is 0. The average molecular weight is 446 g/mol. The Balaban J connectivity index is 1.53. The van der Waals surface area contributed by atoms with Crippen LogP contribution in [0.3, 0.4) is 0 Å². The predicted octanol–water partition coefficient (Wildman–Crippen LogP) is 3.14. The second kappa shape index (κ2) is 9.62. The quantitative estimate of drug-likeness (QED) is 0.480. The zero-order valence-electron chi connectivity index (χ0n) is 18.0. The Kier molecular flexibility index (Phi) is 7.12. The number of rotatable bonds is 7. The van der Waals surface area contributed by atoms with Gasteiger partial charge in [0, 0.05) is 18.7 Å². The fourth-order valence-corrected chi connectivity index (χ4v) is 5.03. The van der Waals surface area contributed by atoms with Gasteiger partial charge in [0.2, 0.25) is 10.0 Å². The molecule has 0 atom stereocenters. The normalized spacial score (nSPS) is 15.5. The molecule has 1 aliphatic heterocycles. The molecular formula is C23H27NO6S. The van der Waals surface area contributed by atoms with E-state index in [1.165, 1.54) is 11.4 Å². The third-order valence-corrected chi connectivity index (χ3v) is 7.56. The van der Waals surface area contributed by atoms with Gasteiger partial charge in [-0.2, -0.15) is 4.31 Å². The van der Waals surface area contributed by atoms with Crippen molar-refractivity contribution in [3.05, 3.63) is 59.2 Å². The maximum absolute atomic E-state index is 12.9. The zero-order chi connectivity index (χ0) is 22.6. The lowest BCUT2D eigenvalue weighted by Gasteiger charge is -2.30. The van der Waals surface area contributed by atoms with Crippen molar-refractivity contribution in [1.29, 1.82) is 0 Å². The highest BCUT2D eigenvalue weighted by Crippen LogP contribution is 2.26. The van der Waals surface area contributed by atoms with E-state index in [1.54, 1.807) is 42.5 Å². The molecular weight excluding hydrogens is 418 g/mol. The van der Waals surface area contributed by atoms with Crippen molar-refractivity contribution >= 4 is 21.8 Å². The van der Waals surface area contributed by atoms with Gasteiger partial charge in [-0.05, 0) is 74.2 Å². The van der Waals surface area contributed by atoms with Crippen LogP contribution in [-0.4, -0.2) is 51.3 Å². The maximum atomic E-state index is 12.9. The van der Waals surface area contributed by atoms with Crippen LogP contribution in [0.15, 0.2) is 47.4 Å². The smallest absolute Gasteiger partial charge is 0.309 e. The predicted molar refractivity (Wildman–Crippen MR) is 116 cm³/mol. The molecule has 3 rings (SSSR count). The van der Waals surface area contributed by atoms with Gasteiger partial charge in [0.1, 0.15) is 5.75 Å². The minimum absolute atomic E-state index is 0.238. The number of esters is 1. The molecule has 0 radical (unpaired) electrons. The number of Topliss-reactive ketones (excluding diaryl/α,β-unsaturated/α-hetero) is 1. The van der Waals surface area contributed by atoms with Crippen molar-refractivity contribution in [2.24, 2.45) is 5.92 Å². The van der Waals surface area contributed by atoms with E-state index >= 15 is 0 Å². The highest BCUT2D eigenvalue weighted by atomic mass is 32.2. The Labute approximate surface area is 183 Å². The molecule has 1 heterocycles. The fraction of sp³-hybridized carbons (Fsp3) is 0.391. The fourth-order valence-electron chi connectivity index (χ4n) is 3.47. The van der Waals surface area contributed by atoms with Crippen LogP contribution in [0.4, 0.5) is 0 Å². The van der Waals surface area contributed by atoms with Crippen LogP contribution in [0.1, 0.15) is 34.3 Å². The number of nitrogens with zero attached hydrogens (tertiary/aromatic N) is 1. The van der Waals surface area contributed by atoms with Crippen LogP contribution in [0.5, 0.6) is 5.75 Å². The van der Waals surface area contributed by atoms with Gasteiger partial charge in [-0.25, -0.2) is 8.42 Å². The largest absolute Gasteiger partial charge is 0.497 e. The number of methoxy groups -OCH3 is 1. The maximum Gasteiger partial charge on any atom is 0.309 e. The summed E-state index contributed by atoms with van der Waals surface area (Å²) >= 11 is 0. The highest BCUT2D eigenvalue weighted by molar-refractivity contribution is 7.89. The Hall–Kier alpha value is -2.71. The summed E-state index contributed by atoms with van der Waals surface area (Å²) in [5.41, 5.74) is 2.38. The van der Waals surface area contributed by atoms with Gasteiger partial charge in [0.05, 0.1) is 17.9 Å². The first-order valence-electron chi connectivity index (χ1n) is 10.1. The molecule has 8 heteroatoms. The number of hydrogen-bond donors (Lipinski definition) is 0.